The smallest absolute Gasteiger partial charge is 0 e. The Morgan fingerprint density at radius 2 is 1.23 bits per heavy atom. The third-order valence-electron chi connectivity index (χ3n) is 2.73. The van der Waals surface area contributed by atoms with Crippen LogP contribution in [0.3, 0.4) is 0 Å². The Kier molecular flexibility index (Phi) is 5.44. The van der Waals surface area contributed by atoms with E-state index in [0.29, 0.717) is 0 Å². The van der Waals surface area contributed by atoms with Crippen molar-refractivity contribution in [3.63, 3.8) is 0 Å². The van der Waals surface area contributed by atoms with Crippen LogP contribution in [-0.2, 0) is 0 Å². The van der Waals surface area contributed by atoms with Gasteiger partial charge in [-0.15, -0.1) is 33.7 Å². The quantitative estimate of drug-likeness (QED) is 0.369. The van der Waals surface area contributed by atoms with E-state index in [0.717, 1.165) is 0 Å². The zero-order valence-electron chi connectivity index (χ0n) is 8.59. The van der Waals surface area contributed by atoms with Gasteiger partial charge in [-0.25, -0.2) is 0 Å². The summed E-state index contributed by atoms with van der Waals surface area (Å²) in [5.74, 6) is 0. The van der Waals surface area contributed by atoms with Crippen LogP contribution < -0.4 is 0 Å². The van der Waals surface area contributed by atoms with E-state index in [-0.39, 0.29) is 31.1 Å². The molecular weight excluding hydrogens is 497 g/mol. The summed E-state index contributed by atoms with van der Waals surface area (Å²) in [5, 5.41) is 0. The maximum Gasteiger partial charge on any atom is 0 e. The van der Waals surface area contributed by atoms with Gasteiger partial charge in [0.25, 0.3) is 0 Å². The molecule has 0 aliphatic carbocycles. The van der Waals surface area contributed by atoms with Crippen molar-refractivity contribution in [2.24, 2.45) is 0 Å². The molecule has 0 aliphatic rings. The Hall–Kier alpha value is 0.872. The van der Waals surface area contributed by atoms with Crippen LogP contribution in [0.25, 0.3) is 0 Å². The van der Waals surface area contributed by atoms with Gasteiger partial charge in [-0.1, -0.05) is 35.5 Å². The van der Waals surface area contributed by atoms with Gasteiger partial charge in [0.2, 0.25) is 0 Å². The second kappa shape index (κ2) is 5.09. The largest absolute Gasteiger partial charge is 0.197 e. The molecule has 0 aromatic heterocycles. The first-order valence-electron chi connectivity index (χ1n) is 4.04. The second-order valence-corrected chi connectivity index (χ2v) is 4.37. The molecule has 0 bridgehead atoms. The van der Waals surface area contributed by atoms with E-state index in [2.05, 4.69) is 57.2 Å². The average molecular weight is 511 g/mol. The fourth-order valence-electron chi connectivity index (χ4n) is 1.34. The van der Waals surface area contributed by atoms with Crippen molar-refractivity contribution in [1.29, 1.82) is 0 Å². The van der Waals surface area contributed by atoms with Crippen LogP contribution in [0.5, 0.6) is 0 Å². The van der Waals surface area contributed by atoms with E-state index in [1.54, 1.807) is 0 Å². The summed E-state index contributed by atoms with van der Waals surface area (Å²) in [6, 6.07) is 0. The average Bonchev–Trinajstić information content (AvgIpc) is 2.08. The van der Waals surface area contributed by atoms with Crippen molar-refractivity contribution < 1.29 is 31.1 Å². The van der Waals surface area contributed by atoms with Crippen molar-refractivity contribution in [2.45, 2.75) is 27.7 Å². The van der Waals surface area contributed by atoms with Crippen molar-refractivity contribution in [3.05, 3.63) is 38.3 Å². The number of hydrogen-bond acceptors (Lipinski definition) is 0. The minimum Gasteiger partial charge on any atom is -0.197 e. The van der Waals surface area contributed by atoms with Crippen LogP contribution in [-0.4, -0.2) is 0 Å². The van der Waals surface area contributed by atoms with E-state index in [1.807, 2.05) is 0 Å². The van der Waals surface area contributed by atoms with Gasteiger partial charge in [0.15, 0.2) is 0 Å². The Labute approximate surface area is 118 Å². The summed E-state index contributed by atoms with van der Waals surface area (Å²) in [7, 11) is 0. The summed E-state index contributed by atoms with van der Waals surface area (Å²) in [4.78, 5) is 0. The molecule has 1 rings (SSSR count). The molecule has 0 spiro atoms. The molecule has 70 valence electrons. The molecular formula is C11H14IU-. The summed E-state index contributed by atoms with van der Waals surface area (Å²) in [6.45, 7) is 12.7. The molecule has 0 fully saturated rings. The molecule has 0 aliphatic heterocycles. The Morgan fingerprint density at radius 1 is 0.846 bits per heavy atom. The van der Waals surface area contributed by atoms with E-state index in [4.69, 9.17) is 0 Å². The van der Waals surface area contributed by atoms with Gasteiger partial charge in [0.1, 0.15) is 0 Å². The molecule has 0 nitrogen and oxygen atoms in total. The van der Waals surface area contributed by atoms with E-state index >= 15 is 0 Å². The zero-order valence-corrected chi connectivity index (χ0v) is 14.9. The predicted octanol–water partition coefficient (Wildman–Crippen LogP) is 3.71. The number of halogens is 1. The van der Waals surface area contributed by atoms with Crippen LogP contribution in [0.2, 0.25) is 0 Å². The van der Waals surface area contributed by atoms with Crippen molar-refractivity contribution in [3.8, 4) is 0 Å². The summed E-state index contributed by atoms with van der Waals surface area (Å²) < 4.78 is 1.31. The molecule has 1 aromatic rings. The molecule has 0 saturated carbocycles. The summed E-state index contributed by atoms with van der Waals surface area (Å²) in [5.41, 5.74) is 6.70. The summed E-state index contributed by atoms with van der Waals surface area (Å²) in [6.07, 6.45) is 0. The maximum absolute atomic E-state index is 4.07. The van der Waals surface area contributed by atoms with E-state index in [1.165, 1.54) is 31.4 Å². The second-order valence-electron chi connectivity index (χ2n) is 3.29. The number of benzene rings is 1. The molecule has 0 atom stereocenters. The van der Waals surface area contributed by atoms with Crippen molar-refractivity contribution >= 4 is 22.6 Å². The van der Waals surface area contributed by atoms with Crippen LogP contribution in [0, 0.1) is 69.3 Å². The van der Waals surface area contributed by atoms with Gasteiger partial charge in [0.05, 0.1) is 0 Å². The predicted molar refractivity (Wildman–Crippen MR) is 62.6 cm³/mol. The third-order valence-corrected chi connectivity index (χ3v) is 4.19. The monoisotopic (exact) mass is 511 g/mol. The molecule has 13 heavy (non-hydrogen) atoms. The first kappa shape index (κ1) is 13.9. The van der Waals surface area contributed by atoms with Crippen LogP contribution in [0.4, 0.5) is 0 Å². The van der Waals surface area contributed by atoms with Crippen LogP contribution in [0.1, 0.15) is 27.8 Å². The summed E-state index contributed by atoms with van der Waals surface area (Å²) >= 11 is 2.37. The molecule has 0 saturated heterocycles. The number of hydrogen-bond donors (Lipinski definition) is 0. The molecule has 0 N–H and O–H groups in total. The first-order chi connectivity index (χ1) is 5.46. The van der Waals surface area contributed by atoms with Gasteiger partial charge in [-0.05, 0) is 6.92 Å². The molecule has 0 radical (unpaired) electrons. The molecule has 1 aromatic carbocycles. The number of rotatable bonds is 0. The van der Waals surface area contributed by atoms with Gasteiger partial charge >= 0.3 is 0 Å². The molecule has 2 heteroatoms. The van der Waals surface area contributed by atoms with E-state index in [9.17, 15) is 0 Å². The van der Waals surface area contributed by atoms with E-state index < -0.39 is 0 Å². The van der Waals surface area contributed by atoms with Crippen molar-refractivity contribution in [1.82, 2.24) is 0 Å². The third kappa shape index (κ3) is 2.46. The molecule has 0 unspecified atom stereocenters. The standard InChI is InChI=1S/C11H14I.U/c1-6-7(2)9(4)11(12)10(5)8(6)3;/h4H2,1-3,5H3;/q-1;. The maximum atomic E-state index is 4.07. The first-order valence-corrected chi connectivity index (χ1v) is 5.12. The normalized spacial score (nSPS) is 9.62. The van der Waals surface area contributed by atoms with Gasteiger partial charge < -0.3 is 0 Å². The minimum atomic E-state index is 0. The Balaban J connectivity index is 0.00000144. The van der Waals surface area contributed by atoms with Gasteiger partial charge in [-0.2, -0.15) is 12.5 Å². The fraction of sp³-hybridized carbons (Fsp3) is 0.364. The molecule has 0 amide bonds. The van der Waals surface area contributed by atoms with Crippen LogP contribution >= 0.6 is 22.6 Å². The Morgan fingerprint density at radius 3 is 1.69 bits per heavy atom. The Bertz CT molecular complexity index is 224. The topological polar surface area (TPSA) is 0 Å². The fourth-order valence-corrected chi connectivity index (χ4v) is 2.15. The SMILES string of the molecule is [CH2-]c1c(C)c(C)c(C)c(C)c1I.[U]. The minimum absolute atomic E-state index is 0. The van der Waals surface area contributed by atoms with Gasteiger partial charge in [0, 0.05) is 31.1 Å². The van der Waals surface area contributed by atoms with Crippen LogP contribution in [0.15, 0.2) is 0 Å². The van der Waals surface area contributed by atoms with Crippen molar-refractivity contribution in [2.75, 3.05) is 0 Å². The van der Waals surface area contributed by atoms with Gasteiger partial charge in [-0.3, -0.25) is 0 Å². The zero-order chi connectivity index (χ0) is 9.46. The molecule has 0 heterocycles.